The van der Waals surface area contributed by atoms with E-state index in [2.05, 4.69) is 5.16 Å². The Bertz CT molecular complexity index is 122. The van der Waals surface area contributed by atoms with Gasteiger partial charge in [0.15, 0.2) is 0 Å². The highest BCUT2D eigenvalue weighted by Crippen LogP contribution is 2.14. The normalized spacial score (nSPS) is 33.0. The summed E-state index contributed by atoms with van der Waals surface area (Å²) in [5.41, 5.74) is 0.543. The summed E-state index contributed by atoms with van der Waals surface area (Å²) in [6, 6.07) is 0. The second kappa shape index (κ2) is 2.82. The van der Waals surface area contributed by atoms with Crippen molar-refractivity contribution in [1.29, 1.82) is 0 Å². The van der Waals surface area contributed by atoms with E-state index >= 15 is 0 Å². The van der Waals surface area contributed by atoms with Gasteiger partial charge in [-0.05, 0) is 19.3 Å². The lowest BCUT2D eigenvalue weighted by atomic mass is 9.96. The van der Waals surface area contributed by atoms with E-state index in [1.54, 1.807) is 0 Å². The van der Waals surface area contributed by atoms with Gasteiger partial charge in [-0.3, -0.25) is 0 Å². The molecule has 3 heteroatoms. The highest BCUT2D eigenvalue weighted by molar-refractivity contribution is 5.88. The zero-order chi connectivity index (χ0) is 6.69. The van der Waals surface area contributed by atoms with Crippen molar-refractivity contribution in [1.82, 2.24) is 0 Å². The van der Waals surface area contributed by atoms with Crippen LogP contribution in [0.5, 0.6) is 0 Å². The number of hydrogen-bond acceptors (Lipinski definition) is 3. The van der Waals surface area contributed by atoms with E-state index in [1.807, 2.05) is 0 Å². The molecule has 0 amide bonds. The van der Waals surface area contributed by atoms with Gasteiger partial charge in [0.25, 0.3) is 0 Å². The van der Waals surface area contributed by atoms with Crippen molar-refractivity contribution < 1.29 is 10.3 Å². The molecule has 1 aliphatic carbocycles. The van der Waals surface area contributed by atoms with Crippen LogP contribution in [0.3, 0.4) is 0 Å². The molecule has 1 fully saturated rings. The highest BCUT2D eigenvalue weighted by atomic mass is 16.4. The lowest BCUT2D eigenvalue weighted by molar-refractivity contribution is 0.204. The number of aliphatic hydroxyl groups is 1. The molecule has 3 nitrogen and oxygen atoms in total. The monoisotopic (exact) mass is 129 g/mol. The minimum Gasteiger partial charge on any atom is -0.411 e. The summed E-state index contributed by atoms with van der Waals surface area (Å²) in [5.74, 6) is 0. The lowest BCUT2D eigenvalue weighted by Crippen LogP contribution is -2.24. The first-order chi connectivity index (χ1) is 4.34. The molecule has 0 unspecified atom stereocenters. The minimum absolute atomic E-state index is 0.483. The molecule has 1 aliphatic rings. The second-order valence-electron chi connectivity index (χ2n) is 2.35. The zero-order valence-electron chi connectivity index (χ0n) is 5.25. The first kappa shape index (κ1) is 6.55. The van der Waals surface area contributed by atoms with Crippen molar-refractivity contribution in [3.05, 3.63) is 0 Å². The van der Waals surface area contributed by atoms with E-state index in [0.29, 0.717) is 5.71 Å². The largest absolute Gasteiger partial charge is 0.411 e. The number of nitrogens with zero attached hydrogens (tertiary/aromatic N) is 1. The van der Waals surface area contributed by atoms with Crippen molar-refractivity contribution in [2.75, 3.05) is 0 Å². The van der Waals surface area contributed by atoms with Gasteiger partial charge in [0.1, 0.15) is 0 Å². The van der Waals surface area contributed by atoms with Crippen LogP contribution in [0, 0.1) is 0 Å². The summed E-state index contributed by atoms with van der Waals surface area (Å²) < 4.78 is 0. The first-order valence-corrected chi connectivity index (χ1v) is 3.23. The maximum atomic E-state index is 9.08. The fourth-order valence-corrected chi connectivity index (χ4v) is 1.09. The Hall–Kier alpha value is -0.570. The summed E-state index contributed by atoms with van der Waals surface area (Å²) in [6.07, 6.45) is 3.09. The molecule has 0 radical (unpaired) electrons. The zero-order valence-corrected chi connectivity index (χ0v) is 5.25. The van der Waals surface area contributed by atoms with E-state index in [1.165, 1.54) is 0 Å². The van der Waals surface area contributed by atoms with Crippen LogP contribution in [0.4, 0.5) is 0 Å². The fourth-order valence-electron chi connectivity index (χ4n) is 1.09. The van der Waals surface area contributed by atoms with Gasteiger partial charge in [-0.1, -0.05) is 11.6 Å². The summed E-state index contributed by atoms with van der Waals surface area (Å²) >= 11 is 0. The molecule has 1 saturated carbocycles. The Morgan fingerprint density at radius 2 is 2.22 bits per heavy atom. The molecular formula is C6H11NO2. The maximum absolute atomic E-state index is 9.08. The van der Waals surface area contributed by atoms with E-state index < -0.39 is 6.10 Å². The van der Waals surface area contributed by atoms with Crippen molar-refractivity contribution in [3.8, 4) is 0 Å². The summed E-state index contributed by atoms with van der Waals surface area (Å²) in [5, 5.41) is 20.4. The Morgan fingerprint density at radius 3 is 2.67 bits per heavy atom. The Balaban J connectivity index is 2.49. The van der Waals surface area contributed by atoms with Crippen LogP contribution in [-0.2, 0) is 0 Å². The summed E-state index contributed by atoms with van der Waals surface area (Å²) in [7, 11) is 0. The molecule has 0 aromatic rings. The average Bonchev–Trinajstić information content (AvgIpc) is 1.89. The van der Waals surface area contributed by atoms with Crippen molar-refractivity contribution in [3.63, 3.8) is 0 Å². The van der Waals surface area contributed by atoms with Crippen molar-refractivity contribution in [2.24, 2.45) is 5.16 Å². The van der Waals surface area contributed by atoms with Gasteiger partial charge in [0.05, 0.1) is 11.8 Å². The van der Waals surface area contributed by atoms with Crippen LogP contribution >= 0.6 is 0 Å². The number of aliphatic hydroxyl groups excluding tert-OH is 1. The third kappa shape index (κ3) is 1.42. The predicted molar refractivity (Wildman–Crippen MR) is 33.7 cm³/mol. The molecule has 1 atom stereocenters. The molecule has 0 saturated heterocycles. The van der Waals surface area contributed by atoms with Crippen LogP contribution in [0.25, 0.3) is 0 Å². The van der Waals surface area contributed by atoms with Crippen molar-refractivity contribution in [2.45, 2.75) is 31.8 Å². The van der Waals surface area contributed by atoms with E-state index in [9.17, 15) is 0 Å². The fraction of sp³-hybridized carbons (Fsp3) is 0.833. The molecule has 0 heterocycles. The average molecular weight is 129 g/mol. The number of oxime groups is 1. The Kier molecular flexibility index (Phi) is 2.05. The molecule has 0 aliphatic heterocycles. The van der Waals surface area contributed by atoms with Gasteiger partial charge in [-0.15, -0.1) is 0 Å². The van der Waals surface area contributed by atoms with Gasteiger partial charge >= 0.3 is 0 Å². The van der Waals surface area contributed by atoms with Crippen LogP contribution < -0.4 is 0 Å². The van der Waals surface area contributed by atoms with Gasteiger partial charge in [0, 0.05) is 0 Å². The highest BCUT2D eigenvalue weighted by Gasteiger charge is 2.17. The molecule has 52 valence electrons. The van der Waals surface area contributed by atoms with Gasteiger partial charge in [-0.2, -0.15) is 0 Å². The second-order valence-corrected chi connectivity index (χ2v) is 2.35. The third-order valence-corrected chi connectivity index (χ3v) is 1.67. The van der Waals surface area contributed by atoms with Crippen LogP contribution in [0.1, 0.15) is 25.7 Å². The van der Waals surface area contributed by atoms with E-state index in [-0.39, 0.29) is 0 Å². The van der Waals surface area contributed by atoms with Crippen LogP contribution in [0.2, 0.25) is 0 Å². The lowest BCUT2D eigenvalue weighted by Gasteiger charge is -2.16. The van der Waals surface area contributed by atoms with Gasteiger partial charge in [0.2, 0.25) is 0 Å². The SMILES string of the molecule is O/N=C1/CCCC[C@@H]1O. The minimum atomic E-state index is -0.483. The standard InChI is InChI=1S/C6H11NO2/c8-6-4-2-1-3-5(6)7-9/h6,8-9H,1-4H2/b7-5-/t6-/m0/s1. The van der Waals surface area contributed by atoms with Gasteiger partial charge in [-0.25, -0.2) is 0 Å². The van der Waals surface area contributed by atoms with Crippen LogP contribution in [-0.4, -0.2) is 22.1 Å². The molecule has 0 spiro atoms. The van der Waals surface area contributed by atoms with Crippen molar-refractivity contribution >= 4 is 5.71 Å². The smallest absolute Gasteiger partial charge is 0.0954 e. The summed E-state index contributed by atoms with van der Waals surface area (Å²) in [6.45, 7) is 0. The predicted octanol–water partition coefficient (Wildman–Crippen LogP) is 0.752. The number of rotatable bonds is 0. The quantitative estimate of drug-likeness (QED) is 0.374. The third-order valence-electron chi connectivity index (χ3n) is 1.67. The molecular weight excluding hydrogens is 118 g/mol. The first-order valence-electron chi connectivity index (χ1n) is 3.23. The van der Waals surface area contributed by atoms with Crippen LogP contribution in [0.15, 0.2) is 5.16 Å². The summed E-state index contributed by atoms with van der Waals surface area (Å²) in [4.78, 5) is 0. The van der Waals surface area contributed by atoms with E-state index in [0.717, 1.165) is 25.7 Å². The molecule has 0 bridgehead atoms. The Labute approximate surface area is 54.0 Å². The maximum Gasteiger partial charge on any atom is 0.0954 e. The molecule has 0 aromatic carbocycles. The van der Waals surface area contributed by atoms with Gasteiger partial charge < -0.3 is 10.3 Å². The molecule has 9 heavy (non-hydrogen) atoms. The molecule has 0 aromatic heterocycles. The van der Waals surface area contributed by atoms with E-state index in [4.69, 9.17) is 10.3 Å². The Morgan fingerprint density at radius 1 is 1.44 bits per heavy atom. The number of hydrogen-bond donors (Lipinski definition) is 2. The molecule has 1 rings (SSSR count). The molecule has 2 N–H and O–H groups in total. The topological polar surface area (TPSA) is 52.8 Å².